The van der Waals surface area contributed by atoms with Crippen molar-refractivity contribution in [3.8, 4) is 17.1 Å². The lowest BCUT2D eigenvalue weighted by Gasteiger charge is -2.21. The lowest BCUT2D eigenvalue weighted by atomic mass is 10.2. The molecule has 0 spiro atoms. The molecule has 0 fully saturated rings. The molecule has 148 valence electrons. The zero-order chi connectivity index (χ0) is 20.1. The van der Waals surface area contributed by atoms with Gasteiger partial charge in [0.1, 0.15) is 17.4 Å². The Balaban J connectivity index is 1.94. The minimum absolute atomic E-state index is 0.645. The van der Waals surface area contributed by atoms with Gasteiger partial charge in [-0.05, 0) is 45.3 Å². The van der Waals surface area contributed by atoms with E-state index >= 15 is 0 Å². The highest BCUT2D eigenvalue weighted by Crippen LogP contribution is 2.25. The summed E-state index contributed by atoms with van der Waals surface area (Å²) in [5.41, 5.74) is 1.90. The third-order valence-corrected chi connectivity index (χ3v) is 4.30. The topological polar surface area (TPSA) is 82.2 Å². The maximum absolute atomic E-state index is 5.25. The standard InChI is InChI=1S/C20H27N7O/c1-14-12-18(25-24-14)21-17-13-19(27(4)11-10-26(2)3)23-20(22-17)15-6-8-16(28-5)9-7-15/h6-9,12-13H,10-11H2,1-5H3,(H2,21,22,23,24,25). The van der Waals surface area contributed by atoms with Gasteiger partial charge in [0.25, 0.3) is 0 Å². The van der Waals surface area contributed by atoms with Crippen molar-refractivity contribution >= 4 is 17.5 Å². The second-order valence-corrected chi connectivity index (χ2v) is 6.95. The zero-order valence-electron chi connectivity index (χ0n) is 17.0. The van der Waals surface area contributed by atoms with Gasteiger partial charge in [-0.3, -0.25) is 5.10 Å². The van der Waals surface area contributed by atoms with Crippen molar-refractivity contribution in [2.24, 2.45) is 0 Å². The van der Waals surface area contributed by atoms with Crippen molar-refractivity contribution in [3.05, 3.63) is 42.1 Å². The van der Waals surface area contributed by atoms with E-state index in [4.69, 9.17) is 9.72 Å². The summed E-state index contributed by atoms with van der Waals surface area (Å²) in [6.45, 7) is 3.74. The normalized spacial score (nSPS) is 10.9. The number of aromatic nitrogens is 4. The summed E-state index contributed by atoms with van der Waals surface area (Å²) in [5, 5.41) is 10.4. The molecule has 0 aliphatic rings. The number of methoxy groups -OCH3 is 1. The molecule has 3 rings (SSSR count). The Kier molecular flexibility index (Phi) is 6.10. The minimum atomic E-state index is 0.645. The third kappa shape index (κ3) is 4.98. The highest BCUT2D eigenvalue weighted by molar-refractivity contribution is 5.64. The molecule has 0 amide bonds. The van der Waals surface area contributed by atoms with Crippen molar-refractivity contribution < 1.29 is 4.74 Å². The summed E-state index contributed by atoms with van der Waals surface area (Å²) < 4.78 is 5.25. The van der Waals surface area contributed by atoms with Gasteiger partial charge >= 0.3 is 0 Å². The number of rotatable bonds is 8. The van der Waals surface area contributed by atoms with Crippen LogP contribution < -0.4 is 15.0 Å². The average molecular weight is 381 g/mol. The van der Waals surface area contributed by atoms with Gasteiger partial charge in [-0.2, -0.15) is 5.10 Å². The molecule has 2 aromatic heterocycles. The molecule has 8 nitrogen and oxygen atoms in total. The van der Waals surface area contributed by atoms with Crippen LogP contribution in [0.5, 0.6) is 5.75 Å². The summed E-state index contributed by atoms with van der Waals surface area (Å²) in [4.78, 5) is 13.7. The molecule has 8 heteroatoms. The zero-order valence-corrected chi connectivity index (χ0v) is 17.0. The Hall–Kier alpha value is -3.13. The van der Waals surface area contributed by atoms with E-state index in [1.54, 1.807) is 7.11 Å². The van der Waals surface area contributed by atoms with Crippen LogP contribution in [0.4, 0.5) is 17.5 Å². The first-order valence-corrected chi connectivity index (χ1v) is 9.13. The van der Waals surface area contributed by atoms with E-state index < -0.39 is 0 Å². The first-order valence-electron chi connectivity index (χ1n) is 9.13. The minimum Gasteiger partial charge on any atom is -0.497 e. The number of aryl methyl sites for hydroxylation is 1. The lowest BCUT2D eigenvalue weighted by Crippen LogP contribution is -2.29. The predicted molar refractivity (Wildman–Crippen MR) is 112 cm³/mol. The summed E-state index contributed by atoms with van der Waals surface area (Å²) in [6, 6.07) is 11.6. The van der Waals surface area contributed by atoms with Crippen molar-refractivity contribution in [1.29, 1.82) is 0 Å². The van der Waals surface area contributed by atoms with E-state index in [2.05, 4.69) is 44.4 Å². The molecule has 0 atom stereocenters. The fourth-order valence-corrected chi connectivity index (χ4v) is 2.64. The number of ether oxygens (including phenoxy) is 1. The third-order valence-electron chi connectivity index (χ3n) is 4.30. The van der Waals surface area contributed by atoms with Crippen LogP contribution >= 0.6 is 0 Å². The Bertz CT molecular complexity index is 905. The van der Waals surface area contributed by atoms with Gasteiger partial charge in [-0.15, -0.1) is 0 Å². The fourth-order valence-electron chi connectivity index (χ4n) is 2.64. The summed E-state index contributed by atoms with van der Waals surface area (Å²) in [5.74, 6) is 3.70. The molecule has 28 heavy (non-hydrogen) atoms. The molecule has 0 radical (unpaired) electrons. The Morgan fingerprint density at radius 1 is 1.00 bits per heavy atom. The number of hydrogen-bond acceptors (Lipinski definition) is 7. The Morgan fingerprint density at radius 2 is 1.75 bits per heavy atom. The fraction of sp³-hybridized carbons (Fsp3) is 0.350. The number of nitrogens with one attached hydrogen (secondary N) is 2. The van der Waals surface area contributed by atoms with Crippen LogP contribution in [0.1, 0.15) is 5.69 Å². The van der Waals surface area contributed by atoms with Crippen LogP contribution in [0.3, 0.4) is 0 Å². The monoisotopic (exact) mass is 381 g/mol. The van der Waals surface area contributed by atoms with Crippen LogP contribution in [0, 0.1) is 6.92 Å². The van der Waals surface area contributed by atoms with Crippen molar-refractivity contribution in [2.45, 2.75) is 6.92 Å². The molecule has 2 N–H and O–H groups in total. The molecule has 1 aromatic carbocycles. The Labute approximate surface area is 165 Å². The molecule has 0 saturated carbocycles. The maximum atomic E-state index is 5.25. The van der Waals surface area contributed by atoms with E-state index in [0.717, 1.165) is 41.7 Å². The number of hydrogen-bond donors (Lipinski definition) is 2. The number of anilines is 3. The van der Waals surface area contributed by atoms with Gasteiger partial charge in [0, 0.05) is 43.5 Å². The van der Waals surface area contributed by atoms with Crippen LogP contribution in [-0.2, 0) is 0 Å². The largest absolute Gasteiger partial charge is 0.497 e. The van der Waals surface area contributed by atoms with Crippen LogP contribution in [0.25, 0.3) is 11.4 Å². The van der Waals surface area contributed by atoms with Gasteiger partial charge < -0.3 is 19.9 Å². The lowest BCUT2D eigenvalue weighted by molar-refractivity contribution is 0.415. The van der Waals surface area contributed by atoms with Crippen LogP contribution in [-0.4, -0.2) is 66.4 Å². The molecular formula is C20H27N7O. The Morgan fingerprint density at radius 3 is 2.36 bits per heavy atom. The van der Waals surface area contributed by atoms with E-state index in [1.807, 2.05) is 50.4 Å². The first-order chi connectivity index (χ1) is 13.4. The molecule has 0 unspecified atom stereocenters. The van der Waals surface area contributed by atoms with Crippen LogP contribution in [0.2, 0.25) is 0 Å². The molecule has 0 aliphatic carbocycles. The number of aromatic amines is 1. The molecule has 0 bridgehead atoms. The number of benzene rings is 1. The highest BCUT2D eigenvalue weighted by Gasteiger charge is 2.12. The maximum Gasteiger partial charge on any atom is 0.163 e. The summed E-state index contributed by atoms with van der Waals surface area (Å²) >= 11 is 0. The second kappa shape index (κ2) is 8.71. The SMILES string of the molecule is COc1ccc(-c2nc(Nc3cc(C)[nH]n3)cc(N(C)CCN(C)C)n2)cc1. The molecule has 3 aromatic rings. The van der Waals surface area contributed by atoms with Gasteiger partial charge in [-0.25, -0.2) is 9.97 Å². The van der Waals surface area contributed by atoms with Crippen LogP contribution in [0.15, 0.2) is 36.4 Å². The van der Waals surface area contributed by atoms with Gasteiger partial charge in [0.15, 0.2) is 11.6 Å². The molecule has 0 saturated heterocycles. The summed E-state index contributed by atoms with van der Waals surface area (Å²) in [6.07, 6.45) is 0. The molecule has 2 heterocycles. The highest BCUT2D eigenvalue weighted by atomic mass is 16.5. The van der Waals surface area contributed by atoms with E-state index in [1.165, 1.54) is 0 Å². The second-order valence-electron chi connectivity index (χ2n) is 6.95. The number of likely N-dealkylation sites (N-methyl/N-ethyl adjacent to an activating group) is 2. The van der Waals surface area contributed by atoms with Crippen molar-refractivity contribution in [2.75, 3.05) is 51.6 Å². The van der Waals surface area contributed by atoms with Crippen molar-refractivity contribution in [3.63, 3.8) is 0 Å². The quantitative estimate of drug-likeness (QED) is 0.621. The first kappa shape index (κ1) is 19.6. The molecular weight excluding hydrogens is 354 g/mol. The van der Waals surface area contributed by atoms with E-state index in [-0.39, 0.29) is 0 Å². The van der Waals surface area contributed by atoms with Gasteiger partial charge in [-0.1, -0.05) is 0 Å². The summed E-state index contributed by atoms with van der Waals surface area (Å²) in [7, 11) is 7.80. The smallest absolute Gasteiger partial charge is 0.163 e. The number of H-pyrrole nitrogens is 1. The predicted octanol–water partition coefficient (Wildman–Crippen LogP) is 2.93. The average Bonchev–Trinajstić information content (AvgIpc) is 3.10. The molecule has 0 aliphatic heterocycles. The van der Waals surface area contributed by atoms with E-state index in [0.29, 0.717) is 11.6 Å². The van der Waals surface area contributed by atoms with Gasteiger partial charge in [0.05, 0.1) is 7.11 Å². The number of nitrogens with zero attached hydrogens (tertiary/aromatic N) is 5. The van der Waals surface area contributed by atoms with Gasteiger partial charge in [0.2, 0.25) is 0 Å². The van der Waals surface area contributed by atoms with E-state index in [9.17, 15) is 0 Å². The van der Waals surface area contributed by atoms with Crippen molar-refractivity contribution in [1.82, 2.24) is 25.1 Å².